The number of sulfonamides is 1. The maximum Gasteiger partial charge on any atom is 0.246 e. The van der Waals surface area contributed by atoms with Gasteiger partial charge >= 0.3 is 0 Å². The summed E-state index contributed by atoms with van der Waals surface area (Å²) in [6, 6.07) is 5.31. The molecule has 0 aromatic heterocycles. The zero-order valence-corrected chi connectivity index (χ0v) is 17.0. The minimum atomic E-state index is -3.65. The standard InChI is InChI=1S/C19H28N2O4S/c1-18(2,3)17(22)20-9-11-21(12-10-20)26(23,24)15-8-6-7-14-13-19(4,5)25-16(14)15/h6-8H,9-13H2,1-5H3. The Hall–Kier alpha value is -1.60. The Morgan fingerprint density at radius 2 is 1.73 bits per heavy atom. The van der Waals surface area contributed by atoms with E-state index in [4.69, 9.17) is 4.74 Å². The summed E-state index contributed by atoms with van der Waals surface area (Å²) >= 11 is 0. The van der Waals surface area contributed by atoms with Gasteiger partial charge in [-0.15, -0.1) is 0 Å². The molecule has 1 fully saturated rings. The van der Waals surface area contributed by atoms with Gasteiger partial charge in [-0.2, -0.15) is 4.31 Å². The lowest BCUT2D eigenvalue weighted by Gasteiger charge is -2.37. The number of amides is 1. The van der Waals surface area contributed by atoms with E-state index in [1.807, 2.05) is 40.7 Å². The van der Waals surface area contributed by atoms with Gasteiger partial charge in [0.05, 0.1) is 0 Å². The van der Waals surface area contributed by atoms with Crippen LogP contribution in [0, 0.1) is 5.41 Å². The number of carbonyl (C=O) groups excluding carboxylic acids is 1. The predicted molar refractivity (Wildman–Crippen MR) is 99.6 cm³/mol. The normalized spacial score (nSPS) is 20.6. The van der Waals surface area contributed by atoms with E-state index in [9.17, 15) is 13.2 Å². The van der Waals surface area contributed by atoms with Gasteiger partial charge in [-0.3, -0.25) is 4.79 Å². The highest BCUT2D eigenvalue weighted by atomic mass is 32.2. The number of benzene rings is 1. The zero-order valence-electron chi connectivity index (χ0n) is 16.2. The average Bonchev–Trinajstić information content (AvgIpc) is 2.86. The van der Waals surface area contributed by atoms with E-state index >= 15 is 0 Å². The topological polar surface area (TPSA) is 66.9 Å². The lowest BCUT2D eigenvalue weighted by molar-refractivity contribution is -0.140. The van der Waals surface area contributed by atoms with Gasteiger partial charge in [0.1, 0.15) is 16.2 Å². The quantitative estimate of drug-likeness (QED) is 0.789. The Labute approximate surface area is 156 Å². The summed E-state index contributed by atoms with van der Waals surface area (Å²) in [5.74, 6) is 0.533. The number of piperazine rings is 1. The first kappa shape index (κ1) is 19.2. The Morgan fingerprint density at radius 1 is 1.12 bits per heavy atom. The fourth-order valence-corrected chi connectivity index (χ4v) is 5.12. The number of hydrogen-bond donors (Lipinski definition) is 0. The minimum Gasteiger partial charge on any atom is -0.486 e. The van der Waals surface area contributed by atoms with Crippen molar-refractivity contribution in [2.75, 3.05) is 26.2 Å². The lowest BCUT2D eigenvalue weighted by atomic mass is 9.94. The van der Waals surface area contributed by atoms with Crippen molar-refractivity contribution in [3.63, 3.8) is 0 Å². The molecule has 26 heavy (non-hydrogen) atoms. The zero-order chi connectivity index (χ0) is 19.3. The van der Waals surface area contributed by atoms with Crippen LogP contribution < -0.4 is 4.74 Å². The molecule has 144 valence electrons. The highest BCUT2D eigenvalue weighted by molar-refractivity contribution is 7.89. The Bertz CT molecular complexity index is 816. The molecule has 0 atom stereocenters. The van der Waals surface area contributed by atoms with Gasteiger partial charge in [0.25, 0.3) is 0 Å². The molecule has 0 radical (unpaired) electrons. The van der Waals surface area contributed by atoms with Crippen LogP contribution in [0.5, 0.6) is 5.75 Å². The number of nitrogens with zero attached hydrogens (tertiary/aromatic N) is 2. The van der Waals surface area contributed by atoms with Crippen LogP contribution in [0.3, 0.4) is 0 Å². The van der Waals surface area contributed by atoms with Crippen LogP contribution in [0.15, 0.2) is 23.1 Å². The Morgan fingerprint density at radius 3 is 2.31 bits per heavy atom. The van der Waals surface area contributed by atoms with Gasteiger partial charge in [-0.1, -0.05) is 32.9 Å². The van der Waals surface area contributed by atoms with Crippen molar-refractivity contribution < 1.29 is 17.9 Å². The summed E-state index contributed by atoms with van der Waals surface area (Å²) in [5, 5.41) is 0. The first-order chi connectivity index (χ1) is 11.9. The number of para-hydroxylation sites is 1. The van der Waals surface area contributed by atoms with Crippen LogP contribution in [0.1, 0.15) is 40.2 Å². The van der Waals surface area contributed by atoms with Crippen LogP contribution in [-0.2, 0) is 21.2 Å². The average molecular weight is 381 g/mol. The molecule has 6 nitrogen and oxygen atoms in total. The summed E-state index contributed by atoms with van der Waals surface area (Å²) < 4.78 is 33.7. The second kappa shape index (κ2) is 6.23. The highest BCUT2D eigenvalue weighted by Gasteiger charge is 2.38. The van der Waals surface area contributed by atoms with E-state index in [2.05, 4.69) is 0 Å². The smallest absolute Gasteiger partial charge is 0.246 e. The van der Waals surface area contributed by atoms with Crippen molar-refractivity contribution in [1.82, 2.24) is 9.21 Å². The fraction of sp³-hybridized carbons (Fsp3) is 0.632. The van der Waals surface area contributed by atoms with E-state index in [0.29, 0.717) is 38.3 Å². The summed E-state index contributed by atoms with van der Waals surface area (Å²) in [4.78, 5) is 14.4. The Kier molecular flexibility index (Phi) is 4.60. The molecule has 0 unspecified atom stereocenters. The van der Waals surface area contributed by atoms with Crippen molar-refractivity contribution in [2.45, 2.75) is 51.5 Å². The van der Waals surface area contributed by atoms with Gasteiger partial charge in [0, 0.05) is 38.0 Å². The molecule has 1 amide bonds. The number of carbonyl (C=O) groups is 1. The fourth-order valence-electron chi connectivity index (χ4n) is 3.54. The molecule has 1 saturated heterocycles. The molecule has 2 heterocycles. The molecule has 2 aliphatic rings. The third kappa shape index (κ3) is 3.47. The SMILES string of the molecule is CC1(C)Cc2cccc(S(=O)(=O)N3CCN(C(=O)C(C)(C)C)CC3)c2O1. The third-order valence-electron chi connectivity index (χ3n) is 4.84. The lowest BCUT2D eigenvalue weighted by Crippen LogP contribution is -2.52. The van der Waals surface area contributed by atoms with Crippen molar-refractivity contribution in [2.24, 2.45) is 5.41 Å². The van der Waals surface area contributed by atoms with Gasteiger partial charge in [-0.05, 0) is 25.5 Å². The molecule has 0 aliphatic carbocycles. The van der Waals surface area contributed by atoms with Gasteiger partial charge in [0.15, 0.2) is 0 Å². The van der Waals surface area contributed by atoms with Crippen LogP contribution in [-0.4, -0.2) is 55.3 Å². The van der Waals surface area contributed by atoms with E-state index in [1.165, 1.54) is 4.31 Å². The van der Waals surface area contributed by atoms with Gasteiger partial charge in [0.2, 0.25) is 15.9 Å². The molecule has 0 saturated carbocycles. The monoisotopic (exact) mass is 380 g/mol. The van der Waals surface area contributed by atoms with Crippen LogP contribution in [0.4, 0.5) is 0 Å². The van der Waals surface area contributed by atoms with Crippen LogP contribution in [0.25, 0.3) is 0 Å². The third-order valence-corrected chi connectivity index (χ3v) is 6.76. The largest absolute Gasteiger partial charge is 0.486 e. The second-order valence-corrected chi connectivity index (χ2v) is 10.6. The number of hydrogen-bond acceptors (Lipinski definition) is 4. The van der Waals surface area contributed by atoms with E-state index in [1.54, 1.807) is 17.0 Å². The number of ether oxygens (including phenoxy) is 1. The maximum atomic E-state index is 13.2. The number of rotatable bonds is 2. The highest BCUT2D eigenvalue weighted by Crippen LogP contribution is 2.40. The van der Waals surface area contributed by atoms with E-state index in [0.717, 1.165) is 5.56 Å². The molecule has 2 aliphatic heterocycles. The van der Waals surface area contributed by atoms with E-state index < -0.39 is 21.0 Å². The summed E-state index contributed by atoms with van der Waals surface area (Å²) in [7, 11) is -3.65. The molecule has 0 N–H and O–H groups in total. The van der Waals surface area contributed by atoms with Crippen molar-refractivity contribution in [3.8, 4) is 5.75 Å². The molecule has 7 heteroatoms. The van der Waals surface area contributed by atoms with Crippen molar-refractivity contribution in [3.05, 3.63) is 23.8 Å². The van der Waals surface area contributed by atoms with Crippen molar-refractivity contribution in [1.29, 1.82) is 0 Å². The molecule has 1 aromatic rings. The van der Waals surface area contributed by atoms with Crippen LogP contribution >= 0.6 is 0 Å². The van der Waals surface area contributed by atoms with Gasteiger partial charge in [-0.25, -0.2) is 8.42 Å². The first-order valence-electron chi connectivity index (χ1n) is 9.02. The number of fused-ring (bicyclic) bond motifs is 1. The molecule has 0 spiro atoms. The summed E-state index contributed by atoms with van der Waals surface area (Å²) in [6.07, 6.45) is 0.694. The first-order valence-corrected chi connectivity index (χ1v) is 10.5. The molecular weight excluding hydrogens is 352 g/mol. The molecule has 1 aromatic carbocycles. The summed E-state index contributed by atoms with van der Waals surface area (Å²) in [5.41, 5.74) is 0.0737. The minimum absolute atomic E-state index is 0.0558. The molecular formula is C19H28N2O4S. The summed E-state index contributed by atoms with van der Waals surface area (Å²) in [6.45, 7) is 11.0. The molecule has 0 bridgehead atoms. The van der Waals surface area contributed by atoms with Crippen molar-refractivity contribution >= 4 is 15.9 Å². The molecule has 3 rings (SSSR count). The van der Waals surface area contributed by atoms with E-state index in [-0.39, 0.29) is 10.8 Å². The van der Waals surface area contributed by atoms with Gasteiger partial charge < -0.3 is 9.64 Å². The van der Waals surface area contributed by atoms with Crippen LogP contribution in [0.2, 0.25) is 0 Å². The maximum absolute atomic E-state index is 13.2. The predicted octanol–water partition coefficient (Wildman–Crippen LogP) is 2.28. The Balaban J connectivity index is 1.80. The second-order valence-electron chi connectivity index (χ2n) is 8.73.